The van der Waals surface area contributed by atoms with E-state index in [-0.39, 0.29) is 19.2 Å². The van der Waals surface area contributed by atoms with Gasteiger partial charge in [0, 0.05) is 12.2 Å². The molecule has 2 amide bonds. The average Bonchev–Trinajstić information content (AvgIpc) is 2.40. The molecule has 0 spiro atoms. The van der Waals surface area contributed by atoms with Gasteiger partial charge in [0.1, 0.15) is 5.75 Å². The van der Waals surface area contributed by atoms with Crippen molar-refractivity contribution in [3.05, 3.63) is 23.8 Å². The van der Waals surface area contributed by atoms with Gasteiger partial charge in [-0.15, -0.1) is 0 Å². The van der Waals surface area contributed by atoms with Crippen LogP contribution in [0.25, 0.3) is 0 Å². The lowest BCUT2D eigenvalue weighted by molar-refractivity contribution is 0.245. The molecule has 1 aromatic rings. The maximum absolute atomic E-state index is 11.5. The molecule has 5 nitrogen and oxygen atoms in total. The molecule has 0 saturated carbocycles. The Hall–Kier alpha value is -1.75. The van der Waals surface area contributed by atoms with Crippen molar-refractivity contribution in [2.45, 2.75) is 26.7 Å². The minimum atomic E-state index is -0.322. The Morgan fingerprint density at radius 1 is 1.42 bits per heavy atom. The summed E-state index contributed by atoms with van der Waals surface area (Å²) in [4.78, 5) is 11.5. The van der Waals surface area contributed by atoms with Crippen LogP contribution in [0.15, 0.2) is 18.2 Å². The van der Waals surface area contributed by atoms with Crippen LogP contribution in [0.1, 0.15) is 25.3 Å². The molecule has 0 heterocycles. The van der Waals surface area contributed by atoms with Crippen molar-refractivity contribution in [2.75, 3.05) is 25.1 Å². The van der Waals surface area contributed by atoms with E-state index in [0.717, 1.165) is 29.8 Å². The molecule has 0 aliphatic heterocycles. The highest BCUT2D eigenvalue weighted by Crippen LogP contribution is 2.21. The number of carbonyl (C=O) groups excluding carboxylic acids is 1. The Kier molecular flexibility index (Phi) is 6.74. The van der Waals surface area contributed by atoms with Gasteiger partial charge in [-0.05, 0) is 37.1 Å². The number of hydrogen-bond acceptors (Lipinski definition) is 3. The first-order chi connectivity index (χ1) is 9.17. The van der Waals surface area contributed by atoms with Crippen LogP contribution in [0.3, 0.4) is 0 Å². The molecule has 0 unspecified atom stereocenters. The van der Waals surface area contributed by atoms with Gasteiger partial charge in [0.05, 0.1) is 13.2 Å². The summed E-state index contributed by atoms with van der Waals surface area (Å²) in [6.07, 6.45) is 2.13. The van der Waals surface area contributed by atoms with Gasteiger partial charge < -0.3 is 20.5 Å². The SMILES string of the molecule is CCCCOc1ccc(NC(=O)NCCO)c(C)c1. The van der Waals surface area contributed by atoms with Gasteiger partial charge in [-0.25, -0.2) is 4.79 Å². The molecule has 0 radical (unpaired) electrons. The number of carbonyl (C=O) groups is 1. The molecule has 0 fully saturated rings. The first-order valence-electron chi connectivity index (χ1n) is 6.56. The van der Waals surface area contributed by atoms with Crippen LogP contribution in [-0.2, 0) is 0 Å². The van der Waals surface area contributed by atoms with Gasteiger partial charge in [-0.1, -0.05) is 13.3 Å². The molecule has 5 heteroatoms. The third kappa shape index (κ3) is 5.61. The van der Waals surface area contributed by atoms with E-state index in [0.29, 0.717) is 6.61 Å². The molecule has 106 valence electrons. The largest absolute Gasteiger partial charge is 0.494 e. The second-order valence-corrected chi connectivity index (χ2v) is 4.28. The number of unbranched alkanes of at least 4 members (excludes halogenated alkanes) is 1. The lowest BCUT2D eigenvalue weighted by atomic mass is 10.2. The third-order valence-corrected chi connectivity index (χ3v) is 2.61. The van der Waals surface area contributed by atoms with Crippen LogP contribution in [0, 0.1) is 6.92 Å². The summed E-state index contributed by atoms with van der Waals surface area (Å²) < 4.78 is 5.59. The van der Waals surface area contributed by atoms with E-state index in [1.165, 1.54) is 0 Å². The first-order valence-corrected chi connectivity index (χ1v) is 6.56. The minimum Gasteiger partial charge on any atom is -0.494 e. The summed E-state index contributed by atoms with van der Waals surface area (Å²) in [5, 5.41) is 13.9. The van der Waals surface area contributed by atoms with Crippen molar-refractivity contribution in [3.63, 3.8) is 0 Å². The van der Waals surface area contributed by atoms with Crippen molar-refractivity contribution in [1.29, 1.82) is 0 Å². The number of ether oxygens (including phenoxy) is 1. The van der Waals surface area contributed by atoms with E-state index in [4.69, 9.17) is 9.84 Å². The highest BCUT2D eigenvalue weighted by molar-refractivity contribution is 5.90. The number of aryl methyl sites for hydroxylation is 1. The summed E-state index contributed by atoms with van der Waals surface area (Å²) in [7, 11) is 0. The molecule has 1 aromatic carbocycles. The summed E-state index contributed by atoms with van der Waals surface area (Å²) in [5.41, 5.74) is 1.67. The van der Waals surface area contributed by atoms with E-state index < -0.39 is 0 Å². The number of benzene rings is 1. The fourth-order valence-corrected chi connectivity index (χ4v) is 1.54. The molecule has 0 bridgehead atoms. The van der Waals surface area contributed by atoms with Gasteiger partial charge >= 0.3 is 6.03 Å². The minimum absolute atomic E-state index is 0.0728. The van der Waals surface area contributed by atoms with Crippen molar-refractivity contribution in [2.24, 2.45) is 0 Å². The zero-order valence-electron chi connectivity index (χ0n) is 11.5. The topological polar surface area (TPSA) is 70.6 Å². The Labute approximate surface area is 114 Å². The number of aliphatic hydroxyl groups excluding tert-OH is 1. The molecular formula is C14H22N2O3. The predicted octanol–water partition coefficient (Wildman–Crippen LogP) is 2.29. The van der Waals surface area contributed by atoms with E-state index in [1.807, 2.05) is 25.1 Å². The molecule has 0 aromatic heterocycles. The standard InChI is InChI=1S/C14H22N2O3/c1-3-4-9-19-12-5-6-13(11(2)10-12)16-14(18)15-7-8-17/h5-6,10,17H,3-4,7-9H2,1-2H3,(H2,15,16,18). The molecule has 0 saturated heterocycles. The van der Waals surface area contributed by atoms with Gasteiger partial charge in [-0.2, -0.15) is 0 Å². The lowest BCUT2D eigenvalue weighted by Gasteiger charge is -2.11. The summed E-state index contributed by atoms with van der Waals surface area (Å²) in [5.74, 6) is 0.812. The fourth-order valence-electron chi connectivity index (χ4n) is 1.54. The Balaban J connectivity index is 2.54. The molecule has 0 aliphatic carbocycles. The van der Waals surface area contributed by atoms with Gasteiger partial charge in [0.25, 0.3) is 0 Å². The zero-order valence-corrected chi connectivity index (χ0v) is 11.5. The van der Waals surface area contributed by atoms with Gasteiger partial charge in [0.15, 0.2) is 0 Å². The summed E-state index contributed by atoms with van der Waals surface area (Å²) >= 11 is 0. The maximum Gasteiger partial charge on any atom is 0.319 e. The van der Waals surface area contributed by atoms with Crippen LogP contribution >= 0.6 is 0 Å². The quantitative estimate of drug-likeness (QED) is 0.663. The monoisotopic (exact) mass is 266 g/mol. The van der Waals surface area contributed by atoms with Crippen LogP contribution < -0.4 is 15.4 Å². The third-order valence-electron chi connectivity index (χ3n) is 2.61. The number of anilines is 1. The van der Waals surface area contributed by atoms with Crippen LogP contribution in [0.2, 0.25) is 0 Å². The second-order valence-electron chi connectivity index (χ2n) is 4.28. The molecule has 1 rings (SSSR count). The van der Waals surface area contributed by atoms with E-state index in [2.05, 4.69) is 17.6 Å². The average molecular weight is 266 g/mol. The molecular weight excluding hydrogens is 244 g/mol. The van der Waals surface area contributed by atoms with Gasteiger partial charge in [0.2, 0.25) is 0 Å². The highest BCUT2D eigenvalue weighted by Gasteiger charge is 2.05. The number of hydrogen-bond donors (Lipinski definition) is 3. The summed E-state index contributed by atoms with van der Waals surface area (Å²) in [6.45, 7) is 4.90. The second kappa shape index (κ2) is 8.37. The van der Waals surface area contributed by atoms with E-state index in [1.54, 1.807) is 0 Å². The number of nitrogens with one attached hydrogen (secondary N) is 2. The van der Waals surface area contributed by atoms with E-state index >= 15 is 0 Å². The molecule has 0 aliphatic rings. The maximum atomic E-state index is 11.5. The smallest absolute Gasteiger partial charge is 0.319 e. The van der Waals surface area contributed by atoms with Crippen LogP contribution in [0.5, 0.6) is 5.75 Å². The number of urea groups is 1. The lowest BCUT2D eigenvalue weighted by Crippen LogP contribution is -2.31. The van der Waals surface area contributed by atoms with Crippen molar-refractivity contribution in [1.82, 2.24) is 5.32 Å². The predicted molar refractivity (Wildman–Crippen MR) is 75.7 cm³/mol. The fraction of sp³-hybridized carbons (Fsp3) is 0.500. The van der Waals surface area contributed by atoms with Crippen molar-refractivity contribution >= 4 is 11.7 Å². The molecule has 19 heavy (non-hydrogen) atoms. The van der Waals surface area contributed by atoms with Crippen molar-refractivity contribution < 1.29 is 14.6 Å². The van der Waals surface area contributed by atoms with Gasteiger partial charge in [-0.3, -0.25) is 0 Å². The van der Waals surface area contributed by atoms with Crippen LogP contribution in [-0.4, -0.2) is 30.9 Å². The Morgan fingerprint density at radius 2 is 2.21 bits per heavy atom. The van der Waals surface area contributed by atoms with Crippen LogP contribution in [0.4, 0.5) is 10.5 Å². The first kappa shape index (κ1) is 15.3. The Morgan fingerprint density at radius 3 is 2.84 bits per heavy atom. The zero-order chi connectivity index (χ0) is 14.1. The normalized spacial score (nSPS) is 10.1. The molecule has 0 atom stereocenters. The van der Waals surface area contributed by atoms with Crippen molar-refractivity contribution in [3.8, 4) is 5.75 Å². The molecule has 3 N–H and O–H groups in total. The van der Waals surface area contributed by atoms with E-state index in [9.17, 15) is 4.79 Å². The number of rotatable bonds is 7. The number of amides is 2. The summed E-state index contributed by atoms with van der Waals surface area (Å²) in [6, 6.07) is 5.23. The number of aliphatic hydroxyl groups is 1. The highest BCUT2D eigenvalue weighted by atomic mass is 16.5. The Bertz CT molecular complexity index is 408.